The summed E-state index contributed by atoms with van der Waals surface area (Å²) in [7, 11) is 0. The molecule has 0 bridgehead atoms. The van der Waals surface area contributed by atoms with Crippen LogP contribution in [0.15, 0.2) is 0 Å². The third-order valence-corrected chi connectivity index (χ3v) is 4.20. The fourth-order valence-electron chi connectivity index (χ4n) is 2.66. The van der Waals surface area contributed by atoms with Crippen LogP contribution in [0.3, 0.4) is 0 Å². The summed E-state index contributed by atoms with van der Waals surface area (Å²) in [6.45, 7) is 11.9. The highest BCUT2D eigenvalue weighted by Crippen LogP contribution is 2.22. The van der Waals surface area contributed by atoms with Gasteiger partial charge < -0.3 is 0 Å². The Morgan fingerprint density at radius 1 is 0.647 bits per heavy atom. The smallest absolute Gasteiger partial charge is 0.0440 e. The summed E-state index contributed by atoms with van der Waals surface area (Å²) < 4.78 is 0. The topological polar surface area (TPSA) is 0 Å². The molecule has 0 saturated heterocycles. The SMILES string of the molecule is CCCCC(C)CC(C)CCCCC(C)CC. The Balaban J connectivity index is 3.42. The molecule has 0 heterocycles. The van der Waals surface area contributed by atoms with E-state index in [4.69, 9.17) is 0 Å². The molecule has 3 unspecified atom stereocenters. The van der Waals surface area contributed by atoms with Crippen LogP contribution in [-0.4, -0.2) is 0 Å². The van der Waals surface area contributed by atoms with Crippen molar-refractivity contribution in [1.82, 2.24) is 0 Å². The second kappa shape index (κ2) is 11.1. The predicted molar refractivity (Wildman–Crippen MR) is 80.4 cm³/mol. The van der Waals surface area contributed by atoms with Crippen molar-refractivity contribution in [3.63, 3.8) is 0 Å². The van der Waals surface area contributed by atoms with E-state index in [9.17, 15) is 0 Å². The molecular formula is C17H36. The number of rotatable bonds is 11. The fourth-order valence-corrected chi connectivity index (χ4v) is 2.66. The maximum absolute atomic E-state index is 2.45. The van der Waals surface area contributed by atoms with Crippen LogP contribution in [0.2, 0.25) is 0 Å². The van der Waals surface area contributed by atoms with Gasteiger partial charge in [-0.3, -0.25) is 0 Å². The Hall–Kier alpha value is 0. The van der Waals surface area contributed by atoms with Crippen molar-refractivity contribution in [3.8, 4) is 0 Å². The Bertz CT molecular complexity index is 150. The molecule has 0 rings (SSSR count). The standard InChI is InChI=1S/C17H36/c1-6-8-11-16(4)14-17(5)13-10-9-12-15(3)7-2/h15-17H,6-14H2,1-5H3. The Morgan fingerprint density at radius 3 is 1.59 bits per heavy atom. The summed E-state index contributed by atoms with van der Waals surface area (Å²) in [6, 6.07) is 0. The zero-order valence-corrected chi connectivity index (χ0v) is 13.1. The summed E-state index contributed by atoms with van der Waals surface area (Å²) in [4.78, 5) is 0. The van der Waals surface area contributed by atoms with E-state index in [0.717, 1.165) is 17.8 Å². The number of unbranched alkanes of at least 4 members (excludes halogenated alkanes) is 2. The average molecular weight is 240 g/mol. The van der Waals surface area contributed by atoms with Gasteiger partial charge in [0.1, 0.15) is 0 Å². The van der Waals surface area contributed by atoms with Crippen molar-refractivity contribution in [2.75, 3.05) is 0 Å². The van der Waals surface area contributed by atoms with Gasteiger partial charge >= 0.3 is 0 Å². The minimum Gasteiger partial charge on any atom is -0.0654 e. The lowest BCUT2D eigenvalue weighted by Gasteiger charge is -2.17. The maximum atomic E-state index is 2.45. The molecule has 0 aromatic rings. The molecule has 0 spiro atoms. The number of hydrogen-bond donors (Lipinski definition) is 0. The molecule has 17 heavy (non-hydrogen) atoms. The molecule has 0 saturated carbocycles. The van der Waals surface area contributed by atoms with E-state index in [-0.39, 0.29) is 0 Å². The summed E-state index contributed by atoms with van der Waals surface area (Å²) >= 11 is 0. The Kier molecular flexibility index (Phi) is 11.1. The van der Waals surface area contributed by atoms with Crippen LogP contribution < -0.4 is 0 Å². The molecule has 0 aliphatic heterocycles. The average Bonchev–Trinajstić information content (AvgIpc) is 2.31. The van der Waals surface area contributed by atoms with Gasteiger partial charge in [-0.1, -0.05) is 86.0 Å². The van der Waals surface area contributed by atoms with Crippen LogP contribution in [-0.2, 0) is 0 Å². The first-order valence-electron chi connectivity index (χ1n) is 8.10. The molecule has 0 radical (unpaired) electrons. The molecule has 0 N–H and O–H groups in total. The summed E-state index contributed by atoms with van der Waals surface area (Å²) in [5.74, 6) is 2.83. The molecule has 0 nitrogen and oxygen atoms in total. The third-order valence-electron chi connectivity index (χ3n) is 4.20. The van der Waals surface area contributed by atoms with Gasteiger partial charge in [0.05, 0.1) is 0 Å². The highest BCUT2D eigenvalue weighted by atomic mass is 14.1. The normalized spacial score (nSPS) is 16.8. The van der Waals surface area contributed by atoms with E-state index in [2.05, 4.69) is 34.6 Å². The van der Waals surface area contributed by atoms with E-state index in [1.54, 1.807) is 0 Å². The van der Waals surface area contributed by atoms with Gasteiger partial charge in [-0.15, -0.1) is 0 Å². The lowest BCUT2D eigenvalue weighted by molar-refractivity contribution is 0.355. The number of hydrogen-bond acceptors (Lipinski definition) is 0. The van der Waals surface area contributed by atoms with Gasteiger partial charge in [0.2, 0.25) is 0 Å². The van der Waals surface area contributed by atoms with Crippen molar-refractivity contribution in [2.45, 2.75) is 92.4 Å². The van der Waals surface area contributed by atoms with Gasteiger partial charge in [0.15, 0.2) is 0 Å². The van der Waals surface area contributed by atoms with Crippen molar-refractivity contribution >= 4 is 0 Å². The first-order chi connectivity index (χ1) is 8.10. The van der Waals surface area contributed by atoms with Crippen molar-refractivity contribution in [1.29, 1.82) is 0 Å². The molecule has 0 heteroatoms. The molecule has 0 fully saturated rings. The zero-order chi connectivity index (χ0) is 13.1. The quantitative estimate of drug-likeness (QED) is 0.364. The van der Waals surface area contributed by atoms with Crippen LogP contribution in [0.1, 0.15) is 92.4 Å². The van der Waals surface area contributed by atoms with Crippen LogP contribution in [0.5, 0.6) is 0 Å². The molecule has 0 aromatic heterocycles. The molecule has 0 amide bonds. The first-order valence-corrected chi connectivity index (χ1v) is 8.10. The lowest BCUT2D eigenvalue weighted by atomic mass is 9.89. The van der Waals surface area contributed by atoms with Crippen LogP contribution >= 0.6 is 0 Å². The second-order valence-electron chi connectivity index (χ2n) is 6.39. The van der Waals surface area contributed by atoms with Crippen molar-refractivity contribution in [2.24, 2.45) is 17.8 Å². The monoisotopic (exact) mass is 240 g/mol. The Labute approximate surface area is 111 Å². The van der Waals surface area contributed by atoms with Gasteiger partial charge in [0, 0.05) is 0 Å². The van der Waals surface area contributed by atoms with Gasteiger partial charge in [-0.2, -0.15) is 0 Å². The highest BCUT2D eigenvalue weighted by molar-refractivity contribution is 4.61. The van der Waals surface area contributed by atoms with E-state index in [1.165, 1.54) is 57.8 Å². The summed E-state index contributed by atoms with van der Waals surface area (Å²) in [5.41, 5.74) is 0. The van der Waals surface area contributed by atoms with E-state index < -0.39 is 0 Å². The van der Waals surface area contributed by atoms with Crippen molar-refractivity contribution in [3.05, 3.63) is 0 Å². The first kappa shape index (κ1) is 17.0. The van der Waals surface area contributed by atoms with Gasteiger partial charge in [-0.25, -0.2) is 0 Å². The third kappa shape index (κ3) is 10.9. The minimum atomic E-state index is 0.939. The predicted octanol–water partition coefficient (Wildman–Crippen LogP) is 6.45. The second-order valence-corrected chi connectivity index (χ2v) is 6.39. The van der Waals surface area contributed by atoms with Crippen LogP contribution in [0.25, 0.3) is 0 Å². The van der Waals surface area contributed by atoms with E-state index >= 15 is 0 Å². The zero-order valence-electron chi connectivity index (χ0n) is 13.1. The Morgan fingerprint density at radius 2 is 1.12 bits per heavy atom. The fraction of sp³-hybridized carbons (Fsp3) is 1.00. The molecular weight excluding hydrogens is 204 g/mol. The molecule has 0 aromatic carbocycles. The van der Waals surface area contributed by atoms with E-state index in [0.29, 0.717) is 0 Å². The largest absolute Gasteiger partial charge is 0.0654 e. The molecule has 3 atom stereocenters. The lowest BCUT2D eigenvalue weighted by Crippen LogP contribution is -2.03. The van der Waals surface area contributed by atoms with Gasteiger partial charge in [0.25, 0.3) is 0 Å². The molecule has 0 aliphatic carbocycles. The summed E-state index contributed by atoms with van der Waals surface area (Å²) in [6.07, 6.45) is 12.8. The van der Waals surface area contributed by atoms with Crippen LogP contribution in [0.4, 0.5) is 0 Å². The van der Waals surface area contributed by atoms with Crippen molar-refractivity contribution < 1.29 is 0 Å². The van der Waals surface area contributed by atoms with Crippen LogP contribution in [0, 0.1) is 17.8 Å². The minimum absolute atomic E-state index is 0.939. The highest BCUT2D eigenvalue weighted by Gasteiger charge is 2.08. The molecule has 0 aliphatic rings. The maximum Gasteiger partial charge on any atom is -0.0440 e. The summed E-state index contributed by atoms with van der Waals surface area (Å²) in [5, 5.41) is 0. The molecule has 104 valence electrons. The van der Waals surface area contributed by atoms with Gasteiger partial charge in [-0.05, 0) is 24.2 Å². The van der Waals surface area contributed by atoms with E-state index in [1.807, 2.05) is 0 Å².